The minimum atomic E-state index is 0.740. The van der Waals surface area contributed by atoms with E-state index in [1.807, 2.05) is 12.1 Å². The van der Waals surface area contributed by atoms with Crippen LogP contribution in [-0.4, -0.2) is 12.6 Å². The van der Waals surface area contributed by atoms with E-state index in [4.69, 9.17) is 5.73 Å². The minimum absolute atomic E-state index is 0.740. The maximum absolute atomic E-state index is 5.69. The Morgan fingerprint density at radius 2 is 1.89 bits per heavy atom. The summed E-state index contributed by atoms with van der Waals surface area (Å²) in [6, 6.07) is 8.98. The molecule has 2 nitrogen and oxygen atoms in total. The van der Waals surface area contributed by atoms with Crippen LogP contribution in [0, 0.1) is 5.92 Å². The van der Waals surface area contributed by atoms with E-state index in [9.17, 15) is 0 Å². The van der Waals surface area contributed by atoms with Crippen LogP contribution in [0.1, 0.15) is 44.6 Å². The average molecular weight is 246 g/mol. The van der Waals surface area contributed by atoms with Gasteiger partial charge in [0.15, 0.2) is 0 Å². The first-order valence-electron chi connectivity index (χ1n) is 7.32. The number of hydrogen-bond acceptors (Lipinski definition) is 2. The lowest BCUT2D eigenvalue weighted by Crippen LogP contribution is -2.30. The molecule has 0 amide bonds. The Morgan fingerprint density at radius 1 is 1.11 bits per heavy atom. The van der Waals surface area contributed by atoms with Gasteiger partial charge in [-0.25, -0.2) is 0 Å². The predicted molar refractivity (Wildman–Crippen MR) is 78.6 cm³/mol. The van der Waals surface area contributed by atoms with Crippen LogP contribution in [0.15, 0.2) is 24.3 Å². The fraction of sp³-hybridized carbons (Fsp3) is 0.625. The summed E-state index contributed by atoms with van der Waals surface area (Å²) in [6.07, 6.45) is 8.00. The molecule has 18 heavy (non-hydrogen) atoms. The fourth-order valence-corrected chi connectivity index (χ4v) is 2.80. The molecule has 0 aliphatic heterocycles. The second-order valence-electron chi connectivity index (χ2n) is 5.76. The Balaban J connectivity index is 1.70. The molecule has 1 aromatic rings. The van der Waals surface area contributed by atoms with Crippen LogP contribution in [0.2, 0.25) is 0 Å². The van der Waals surface area contributed by atoms with Crippen LogP contribution in [-0.2, 0) is 6.42 Å². The van der Waals surface area contributed by atoms with Crippen LogP contribution in [0.3, 0.4) is 0 Å². The Hall–Kier alpha value is -1.02. The maximum atomic E-state index is 5.69. The summed E-state index contributed by atoms with van der Waals surface area (Å²) in [4.78, 5) is 0. The third-order valence-corrected chi connectivity index (χ3v) is 4.08. The Labute approximate surface area is 111 Å². The van der Waals surface area contributed by atoms with Crippen molar-refractivity contribution in [2.24, 2.45) is 5.92 Å². The monoisotopic (exact) mass is 246 g/mol. The van der Waals surface area contributed by atoms with Crippen molar-refractivity contribution >= 4 is 5.69 Å². The third kappa shape index (κ3) is 4.34. The molecule has 0 saturated heterocycles. The highest BCUT2D eigenvalue weighted by Gasteiger charge is 2.15. The number of anilines is 1. The lowest BCUT2D eigenvalue weighted by atomic mass is 10.0. The normalized spacial score (nSPS) is 24.7. The molecule has 0 spiro atoms. The molecule has 100 valence electrons. The molecule has 2 rings (SSSR count). The maximum Gasteiger partial charge on any atom is 0.0314 e. The first-order valence-corrected chi connectivity index (χ1v) is 7.32. The first kappa shape index (κ1) is 13.4. The summed E-state index contributed by atoms with van der Waals surface area (Å²) in [5.74, 6) is 0.925. The van der Waals surface area contributed by atoms with E-state index in [0.29, 0.717) is 0 Å². The minimum Gasteiger partial charge on any atom is -0.399 e. The molecule has 1 aromatic carbocycles. The second-order valence-corrected chi connectivity index (χ2v) is 5.76. The second kappa shape index (κ2) is 6.79. The summed E-state index contributed by atoms with van der Waals surface area (Å²) in [6.45, 7) is 3.47. The summed E-state index contributed by atoms with van der Waals surface area (Å²) >= 11 is 0. The van der Waals surface area contributed by atoms with Gasteiger partial charge in [0.25, 0.3) is 0 Å². The summed E-state index contributed by atoms with van der Waals surface area (Å²) < 4.78 is 0. The van der Waals surface area contributed by atoms with Crippen LogP contribution in [0.25, 0.3) is 0 Å². The van der Waals surface area contributed by atoms with Crippen LogP contribution >= 0.6 is 0 Å². The lowest BCUT2D eigenvalue weighted by Gasteiger charge is -2.16. The molecule has 3 N–H and O–H groups in total. The van der Waals surface area contributed by atoms with Crippen molar-refractivity contribution in [1.82, 2.24) is 5.32 Å². The molecule has 0 aromatic heterocycles. The van der Waals surface area contributed by atoms with E-state index in [-0.39, 0.29) is 0 Å². The number of nitrogens with two attached hydrogens (primary N) is 1. The highest BCUT2D eigenvalue weighted by atomic mass is 14.9. The zero-order chi connectivity index (χ0) is 12.8. The summed E-state index contributed by atoms with van der Waals surface area (Å²) in [5, 5.41) is 3.71. The Bertz CT molecular complexity index is 345. The van der Waals surface area contributed by atoms with E-state index in [1.54, 1.807) is 0 Å². The standard InChI is InChI=1S/C16H26N2/c1-13-3-2-4-16(10-5-13)18-12-11-14-6-8-15(17)9-7-14/h6-9,13,16,18H,2-5,10-12,17H2,1H3. The van der Waals surface area contributed by atoms with E-state index in [2.05, 4.69) is 24.4 Å². The van der Waals surface area contributed by atoms with Gasteiger partial charge in [-0.2, -0.15) is 0 Å². The molecule has 0 heterocycles. The number of rotatable bonds is 4. The zero-order valence-corrected chi connectivity index (χ0v) is 11.5. The van der Waals surface area contributed by atoms with Crippen LogP contribution < -0.4 is 11.1 Å². The van der Waals surface area contributed by atoms with Gasteiger partial charge in [-0.3, -0.25) is 0 Å². The molecule has 1 aliphatic rings. The van der Waals surface area contributed by atoms with E-state index >= 15 is 0 Å². The third-order valence-electron chi connectivity index (χ3n) is 4.08. The molecule has 2 unspecified atom stereocenters. The molecule has 2 atom stereocenters. The van der Waals surface area contributed by atoms with Gasteiger partial charge in [-0.1, -0.05) is 31.9 Å². The van der Waals surface area contributed by atoms with Gasteiger partial charge in [0, 0.05) is 11.7 Å². The highest BCUT2D eigenvalue weighted by molar-refractivity contribution is 5.39. The Kier molecular flexibility index (Phi) is 5.06. The predicted octanol–water partition coefficient (Wildman–Crippen LogP) is 3.37. The lowest BCUT2D eigenvalue weighted by molar-refractivity contribution is 0.451. The number of nitrogens with one attached hydrogen (secondary N) is 1. The summed E-state index contributed by atoms with van der Waals surface area (Å²) in [5.41, 5.74) is 7.91. The molecule has 1 fully saturated rings. The number of benzene rings is 1. The van der Waals surface area contributed by atoms with Crippen molar-refractivity contribution < 1.29 is 0 Å². The molecule has 1 aliphatic carbocycles. The van der Waals surface area contributed by atoms with Crippen molar-refractivity contribution in [1.29, 1.82) is 0 Å². The SMILES string of the molecule is CC1CCCC(NCCc2ccc(N)cc2)CC1. The molecular formula is C16H26N2. The average Bonchev–Trinajstić information content (AvgIpc) is 2.57. The van der Waals surface area contributed by atoms with Gasteiger partial charge in [-0.05, 0) is 55.8 Å². The topological polar surface area (TPSA) is 38.0 Å². The summed E-state index contributed by atoms with van der Waals surface area (Å²) in [7, 11) is 0. The molecular weight excluding hydrogens is 220 g/mol. The molecule has 1 saturated carbocycles. The van der Waals surface area contributed by atoms with Gasteiger partial charge in [0.2, 0.25) is 0 Å². The van der Waals surface area contributed by atoms with Crippen LogP contribution in [0.5, 0.6) is 0 Å². The van der Waals surface area contributed by atoms with E-state index in [0.717, 1.165) is 30.6 Å². The first-order chi connectivity index (χ1) is 8.74. The van der Waals surface area contributed by atoms with Gasteiger partial charge in [0.1, 0.15) is 0 Å². The molecule has 0 radical (unpaired) electrons. The Morgan fingerprint density at radius 3 is 2.67 bits per heavy atom. The highest BCUT2D eigenvalue weighted by Crippen LogP contribution is 2.22. The van der Waals surface area contributed by atoms with E-state index < -0.39 is 0 Å². The largest absolute Gasteiger partial charge is 0.399 e. The quantitative estimate of drug-likeness (QED) is 0.631. The number of hydrogen-bond donors (Lipinski definition) is 2. The number of nitrogen functional groups attached to an aromatic ring is 1. The van der Waals surface area contributed by atoms with Crippen molar-refractivity contribution in [3.05, 3.63) is 29.8 Å². The zero-order valence-electron chi connectivity index (χ0n) is 11.5. The van der Waals surface area contributed by atoms with Gasteiger partial charge < -0.3 is 11.1 Å². The molecule has 0 bridgehead atoms. The van der Waals surface area contributed by atoms with Crippen molar-refractivity contribution in [3.63, 3.8) is 0 Å². The van der Waals surface area contributed by atoms with Crippen molar-refractivity contribution in [2.45, 2.75) is 51.5 Å². The van der Waals surface area contributed by atoms with Crippen LogP contribution in [0.4, 0.5) is 5.69 Å². The van der Waals surface area contributed by atoms with E-state index in [1.165, 1.54) is 37.7 Å². The smallest absolute Gasteiger partial charge is 0.0314 e. The van der Waals surface area contributed by atoms with Gasteiger partial charge in [-0.15, -0.1) is 0 Å². The molecule has 2 heteroatoms. The fourth-order valence-electron chi connectivity index (χ4n) is 2.80. The van der Waals surface area contributed by atoms with Crippen molar-refractivity contribution in [3.8, 4) is 0 Å². The van der Waals surface area contributed by atoms with Gasteiger partial charge in [0.05, 0.1) is 0 Å². The van der Waals surface area contributed by atoms with Gasteiger partial charge >= 0.3 is 0 Å². The van der Waals surface area contributed by atoms with Crippen molar-refractivity contribution in [2.75, 3.05) is 12.3 Å².